The fourth-order valence-corrected chi connectivity index (χ4v) is 4.87. The lowest BCUT2D eigenvalue weighted by Gasteiger charge is -2.35. The topological polar surface area (TPSA) is 116 Å². The third kappa shape index (κ3) is 8.94. The fraction of sp³-hybridized carbons (Fsp3) is 0.464. The molecule has 2 atom stereocenters. The molecule has 1 aliphatic heterocycles. The van der Waals surface area contributed by atoms with Crippen molar-refractivity contribution in [2.45, 2.75) is 30.6 Å². The molecule has 39 heavy (non-hydrogen) atoms. The maximum absolute atomic E-state index is 13.1. The molecule has 2 aromatic rings. The minimum Gasteiger partial charge on any atom is -0.468 e. The van der Waals surface area contributed by atoms with E-state index in [4.69, 9.17) is 17.3 Å². The number of nitrogens with zero attached hydrogens (tertiary/aromatic N) is 3. The summed E-state index contributed by atoms with van der Waals surface area (Å²) in [7, 11) is 1.26. The molecular formula is C28H37ClN4O5S. The van der Waals surface area contributed by atoms with Crippen LogP contribution in [-0.2, 0) is 20.7 Å². The van der Waals surface area contributed by atoms with Crippen LogP contribution in [0.25, 0.3) is 0 Å². The molecule has 1 heterocycles. The van der Waals surface area contributed by atoms with Crippen LogP contribution in [0, 0.1) is 0 Å². The number of aliphatic hydroxyl groups is 1. The zero-order valence-electron chi connectivity index (χ0n) is 22.2. The molecule has 1 aliphatic rings. The Morgan fingerprint density at radius 1 is 1.05 bits per heavy atom. The summed E-state index contributed by atoms with van der Waals surface area (Å²) in [5.74, 6) is -0.921. The molecule has 2 aromatic carbocycles. The van der Waals surface area contributed by atoms with Crippen molar-refractivity contribution in [3.05, 3.63) is 64.7 Å². The van der Waals surface area contributed by atoms with Gasteiger partial charge in [0.25, 0.3) is 5.91 Å². The molecule has 0 aliphatic carbocycles. The summed E-state index contributed by atoms with van der Waals surface area (Å²) in [6.45, 7) is 3.66. The summed E-state index contributed by atoms with van der Waals surface area (Å²) < 4.78 is 4.62. The number of esters is 1. The standard InChI is InChI=1S/C28H37ClN4O5S/c1-38-28(37)24(30)10-11-25(39)27(36)33(18-19-34)23-8-4-21(5-9-23)26(35)32-16-14-31(15-17-32)13-12-20-2-6-22(29)7-3-20/h2-9,24-25,34,39H,10-19,30H2,1H3. The number of anilines is 1. The number of nitrogens with two attached hydrogens (primary N) is 1. The third-order valence-electron chi connectivity index (χ3n) is 6.85. The molecule has 1 fully saturated rings. The number of amides is 2. The van der Waals surface area contributed by atoms with E-state index in [1.165, 1.54) is 17.6 Å². The van der Waals surface area contributed by atoms with E-state index in [9.17, 15) is 19.5 Å². The average Bonchev–Trinajstić information content (AvgIpc) is 2.97. The molecule has 9 nitrogen and oxygen atoms in total. The van der Waals surface area contributed by atoms with E-state index in [0.717, 1.165) is 31.1 Å². The van der Waals surface area contributed by atoms with Gasteiger partial charge in [0.15, 0.2) is 0 Å². The van der Waals surface area contributed by atoms with Gasteiger partial charge in [0, 0.05) is 55.5 Å². The van der Waals surface area contributed by atoms with Gasteiger partial charge in [0.05, 0.1) is 19.0 Å². The van der Waals surface area contributed by atoms with Crippen molar-refractivity contribution in [1.82, 2.24) is 9.80 Å². The van der Waals surface area contributed by atoms with Gasteiger partial charge in [-0.15, -0.1) is 0 Å². The summed E-state index contributed by atoms with van der Waals surface area (Å²) in [6.07, 6.45) is 1.44. The summed E-state index contributed by atoms with van der Waals surface area (Å²) in [5, 5.41) is 9.54. The van der Waals surface area contributed by atoms with Gasteiger partial charge in [-0.25, -0.2) is 0 Å². The Morgan fingerprint density at radius 2 is 1.69 bits per heavy atom. The second-order valence-electron chi connectivity index (χ2n) is 9.49. The predicted molar refractivity (Wildman–Crippen MR) is 155 cm³/mol. The first-order valence-corrected chi connectivity index (χ1v) is 13.9. The Labute approximate surface area is 240 Å². The van der Waals surface area contributed by atoms with Gasteiger partial charge in [0.1, 0.15) is 6.04 Å². The van der Waals surface area contributed by atoms with Crippen molar-refractivity contribution in [2.75, 3.05) is 57.9 Å². The number of piperazine rings is 1. The number of carbonyl (C=O) groups excluding carboxylic acids is 3. The van der Waals surface area contributed by atoms with Gasteiger partial charge in [0.2, 0.25) is 5.91 Å². The number of hydrogen-bond acceptors (Lipinski definition) is 8. The predicted octanol–water partition coefficient (Wildman–Crippen LogP) is 2.24. The van der Waals surface area contributed by atoms with Crippen LogP contribution >= 0.6 is 24.2 Å². The quantitative estimate of drug-likeness (QED) is 0.262. The van der Waals surface area contributed by atoms with Crippen molar-refractivity contribution in [2.24, 2.45) is 5.73 Å². The van der Waals surface area contributed by atoms with Gasteiger partial charge in [-0.1, -0.05) is 23.7 Å². The molecule has 3 rings (SSSR count). The smallest absolute Gasteiger partial charge is 0.322 e. The molecule has 0 aromatic heterocycles. The minimum atomic E-state index is -0.834. The summed E-state index contributed by atoms with van der Waals surface area (Å²) in [6, 6.07) is 13.8. The van der Waals surface area contributed by atoms with Crippen LogP contribution in [0.2, 0.25) is 5.02 Å². The van der Waals surface area contributed by atoms with E-state index < -0.39 is 17.3 Å². The number of halogens is 1. The van der Waals surface area contributed by atoms with Crippen LogP contribution in [0.4, 0.5) is 5.69 Å². The number of ether oxygens (including phenoxy) is 1. The van der Waals surface area contributed by atoms with E-state index in [1.54, 1.807) is 24.3 Å². The largest absolute Gasteiger partial charge is 0.468 e. The molecule has 0 saturated carbocycles. The fourth-order valence-electron chi connectivity index (χ4n) is 4.46. The highest BCUT2D eigenvalue weighted by Gasteiger charge is 2.26. The van der Waals surface area contributed by atoms with Crippen molar-refractivity contribution < 1.29 is 24.2 Å². The maximum Gasteiger partial charge on any atom is 0.322 e. The van der Waals surface area contributed by atoms with Gasteiger partial charge >= 0.3 is 5.97 Å². The van der Waals surface area contributed by atoms with Crippen LogP contribution in [0.1, 0.15) is 28.8 Å². The highest BCUT2D eigenvalue weighted by Crippen LogP contribution is 2.21. The van der Waals surface area contributed by atoms with Crippen LogP contribution in [0.15, 0.2) is 48.5 Å². The second-order valence-corrected chi connectivity index (χ2v) is 10.6. The zero-order valence-corrected chi connectivity index (χ0v) is 23.8. The Kier molecular flexibility index (Phi) is 12.1. The number of rotatable bonds is 12. The maximum atomic E-state index is 13.1. The molecule has 0 radical (unpaired) electrons. The van der Waals surface area contributed by atoms with E-state index in [-0.39, 0.29) is 37.8 Å². The van der Waals surface area contributed by atoms with Gasteiger partial charge in [-0.3, -0.25) is 19.3 Å². The highest BCUT2D eigenvalue weighted by atomic mass is 35.5. The van der Waals surface area contributed by atoms with Gasteiger partial charge in [-0.05, 0) is 61.2 Å². The molecule has 0 bridgehead atoms. The number of aliphatic hydroxyl groups excluding tert-OH is 1. The number of thiol groups is 1. The first-order chi connectivity index (χ1) is 18.7. The van der Waals surface area contributed by atoms with E-state index >= 15 is 0 Å². The zero-order chi connectivity index (χ0) is 28.4. The molecule has 11 heteroatoms. The number of methoxy groups -OCH3 is 1. The first kappa shape index (κ1) is 30.9. The van der Waals surface area contributed by atoms with Crippen LogP contribution in [-0.4, -0.2) is 97.0 Å². The molecule has 0 spiro atoms. The van der Waals surface area contributed by atoms with Crippen molar-refractivity contribution in [3.8, 4) is 0 Å². The lowest BCUT2D eigenvalue weighted by Crippen LogP contribution is -2.49. The third-order valence-corrected chi connectivity index (χ3v) is 7.58. The Morgan fingerprint density at radius 3 is 2.28 bits per heavy atom. The number of hydrogen-bond donors (Lipinski definition) is 3. The number of carbonyl (C=O) groups is 3. The lowest BCUT2D eigenvalue weighted by atomic mass is 10.1. The molecule has 1 saturated heterocycles. The second kappa shape index (κ2) is 15.2. The van der Waals surface area contributed by atoms with Crippen molar-refractivity contribution >= 4 is 47.7 Å². The Bertz CT molecular complexity index is 1090. The van der Waals surface area contributed by atoms with Crippen LogP contribution in [0.5, 0.6) is 0 Å². The normalized spacial score (nSPS) is 15.5. The molecule has 3 N–H and O–H groups in total. The van der Waals surface area contributed by atoms with Gasteiger partial charge in [-0.2, -0.15) is 12.6 Å². The van der Waals surface area contributed by atoms with Crippen molar-refractivity contribution in [1.29, 1.82) is 0 Å². The molecular weight excluding hydrogens is 540 g/mol. The van der Waals surface area contributed by atoms with E-state index in [1.807, 2.05) is 29.2 Å². The average molecular weight is 577 g/mol. The van der Waals surface area contributed by atoms with Gasteiger partial charge < -0.3 is 25.4 Å². The highest BCUT2D eigenvalue weighted by molar-refractivity contribution is 7.81. The summed E-state index contributed by atoms with van der Waals surface area (Å²) >= 11 is 10.4. The molecule has 2 amide bonds. The number of benzene rings is 2. The van der Waals surface area contributed by atoms with Crippen molar-refractivity contribution in [3.63, 3.8) is 0 Å². The summed E-state index contributed by atoms with van der Waals surface area (Å²) in [5.41, 5.74) is 8.09. The summed E-state index contributed by atoms with van der Waals surface area (Å²) in [4.78, 5) is 43.3. The van der Waals surface area contributed by atoms with Crippen LogP contribution < -0.4 is 10.6 Å². The Hall–Kier alpha value is -2.63. The van der Waals surface area contributed by atoms with E-state index in [2.05, 4.69) is 22.3 Å². The monoisotopic (exact) mass is 576 g/mol. The molecule has 2 unspecified atom stereocenters. The van der Waals surface area contributed by atoms with Crippen LogP contribution in [0.3, 0.4) is 0 Å². The first-order valence-electron chi connectivity index (χ1n) is 13.0. The SMILES string of the molecule is COC(=O)C(N)CCC(S)C(=O)N(CCO)c1ccc(C(=O)N2CCN(CCc3ccc(Cl)cc3)CC2)cc1. The minimum absolute atomic E-state index is 0.0530. The molecule has 212 valence electrons. The Balaban J connectivity index is 1.53. The van der Waals surface area contributed by atoms with E-state index in [0.29, 0.717) is 24.3 Å². The lowest BCUT2D eigenvalue weighted by molar-refractivity contribution is -0.142.